The molecule has 2 aromatic rings. The smallest absolute Gasteiger partial charge is 0.414 e. The number of cyclic esters (lactones) is 1. The molecular formula is C19H22ClN5O3S. The molecule has 0 unspecified atom stereocenters. The Kier molecular flexibility index (Phi) is 6.19. The Labute approximate surface area is 178 Å². The lowest BCUT2D eigenvalue weighted by Gasteiger charge is -2.28. The molecule has 4 rings (SSSR count). The van der Waals surface area contributed by atoms with E-state index in [1.165, 1.54) is 11.3 Å². The first-order chi connectivity index (χ1) is 14.1. The molecule has 2 aliphatic heterocycles. The molecule has 1 aromatic carbocycles. The monoisotopic (exact) mass is 435 g/mol. The van der Waals surface area contributed by atoms with Crippen LogP contribution in [0.15, 0.2) is 41.5 Å². The average molecular weight is 436 g/mol. The van der Waals surface area contributed by atoms with Crippen LogP contribution >= 0.6 is 22.9 Å². The summed E-state index contributed by atoms with van der Waals surface area (Å²) in [6.07, 6.45) is -0.633. The SMILES string of the molecule is CC1=NNCCN1c1ccc(N2C[C@H](CNOCc3ccc(Cl)s3)OC2=O)cc1. The molecule has 2 N–H and O–H groups in total. The van der Waals surface area contributed by atoms with Crippen LogP contribution in [0, 0.1) is 0 Å². The van der Waals surface area contributed by atoms with Crippen molar-refractivity contribution in [2.75, 3.05) is 36.0 Å². The normalized spacial score (nSPS) is 19.2. The van der Waals surface area contributed by atoms with E-state index in [1.54, 1.807) is 4.90 Å². The zero-order valence-electron chi connectivity index (χ0n) is 15.9. The molecule has 29 heavy (non-hydrogen) atoms. The highest BCUT2D eigenvalue weighted by Crippen LogP contribution is 2.25. The Bertz CT molecular complexity index is 888. The van der Waals surface area contributed by atoms with Crippen LogP contribution in [-0.2, 0) is 16.2 Å². The zero-order valence-corrected chi connectivity index (χ0v) is 17.5. The van der Waals surface area contributed by atoms with Gasteiger partial charge in [0.15, 0.2) is 0 Å². The van der Waals surface area contributed by atoms with Gasteiger partial charge in [-0.05, 0) is 43.3 Å². The molecule has 0 bridgehead atoms. The lowest BCUT2D eigenvalue weighted by atomic mass is 10.2. The molecule has 154 valence electrons. The highest BCUT2D eigenvalue weighted by atomic mass is 35.5. The third kappa shape index (κ3) is 4.81. The van der Waals surface area contributed by atoms with E-state index in [2.05, 4.69) is 20.9 Å². The van der Waals surface area contributed by atoms with E-state index in [1.807, 2.05) is 43.3 Å². The number of hydrogen-bond donors (Lipinski definition) is 2. The molecule has 3 heterocycles. The summed E-state index contributed by atoms with van der Waals surface area (Å²) in [7, 11) is 0. The fourth-order valence-corrected chi connectivity index (χ4v) is 4.23. The summed E-state index contributed by atoms with van der Waals surface area (Å²) < 4.78 is 6.17. The number of thiophene rings is 1. The zero-order chi connectivity index (χ0) is 20.2. The van der Waals surface area contributed by atoms with E-state index in [9.17, 15) is 4.79 Å². The number of rotatable bonds is 7. The minimum atomic E-state index is -0.352. The van der Waals surface area contributed by atoms with Gasteiger partial charge >= 0.3 is 6.09 Å². The maximum absolute atomic E-state index is 12.3. The van der Waals surface area contributed by atoms with Crippen molar-refractivity contribution in [2.45, 2.75) is 19.6 Å². The van der Waals surface area contributed by atoms with Crippen molar-refractivity contribution >= 4 is 46.2 Å². The van der Waals surface area contributed by atoms with Gasteiger partial charge in [0.05, 0.1) is 24.0 Å². The Morgan fingerprint density at radius 2 is 2.03 bits per heavy atom. The van der Waals surface area contributed by atoms with E-state index in [4.69, 9.17) is 21.2 Å². The number of amides is 1. The van der Waals surface area contributed by atoms with Crippen molar-refractivity contribution < 1.29 is 14.4 Å². The number of ether oxygens (including phenoxy) is 1. The number of hydrazone groups is 1. The van der Waals surface area contributed by atoms with Crippen LogP contribution in [0.1, 0.15) is 11.8 Å². The van der Waals surface area contributed by atoms with Crippen molar-refractivity contribution in [1.82, 2.24) is 10.9 Å². The van der Waals surface area contributed by atoms with Crippen molar-refractivity contribution in [3.63, 3.8) is 0 Å². The molecular weight excluding hydrogens is 414 g/mol. The fourth-order valence-electron chi connectivity index (χ4n) is 3.22. The van der Waals surface area contributed by atoms with Crippen LogP contribution in [0.2, 0.25) is 4.34 Å². The van der Waals surface area contributed by atoms with E-state index in [-0.39, 0.29) is 12.2 Å². The number of carbonyl (C=O) groups is 1. The second kappa shape index (κ2) is 9.00. The predicted octanol–water partition coefficient (Wildman–Crippen LogP) is 3.19. The molecule has 2 aliphatic rings. The van der Waals surface area contributed by atoms with Gasteiger partial charge < -0.3 is 15.1 Å². The Morgan fingerprint density at radius 3 is 2.72 bits per heavy atom. The fraction of sp³-hybridized carbons (Fsp3) is 0.368. The average Bonchev–Trinajstić information content (AvgIpc) is 3.31. The van der Waals surface area contributed by atoms with E-state index in [0.29, 0.717) is 19.7 Å². The van der Waals surface area contributed by atoms with Crippen LogP contribution in [-0.4, -0.2) is 44.2 Å². The second-order valence-corrected chi connectivity index (χ2v) is 8.49. The van der Waals surface area contributed by atoms with Gasteiger partial charge in [0.2, 0.25) is 0 Å². The van der Waals surface area contributed by atoms with Gasteiger partial charge in [-0.3, -0.25) is 9.74 Å². The Morgan fingerprint density at radius 1 is 1.28 bits per heavy atom. The lowest BCUT2D eigenvalue weighted by molar-refractivity contribution is 0.00873. The van der Waals surface area contributed by atoms with Crippen molar-refractivity contribution in [1.29, 1.82) is 0 Å². The van der Waals surface area contributed by atoms with Gasteiger partial charge in [-0.1, -0.05) is 11.6 Å². The van der Waals surface area contributed by atoms with Crippen LogP contribution in [0.5, 0.6) is 0 Å². The molecule has 1 atom stereocenters. The predicted molar refractivity (Wildman–Crippen MR) is 115 cm³/mol. The summed E-state index contributed by atoms with van der Waals surface area (Å²) in [6.45, 7) is 4.91. The van der Waals surface area contributed by atoms with Crippen LogP contribution in [0.25, 0.3) is 0 Å². The first-order valence-corrected chi connectivity index (χ1v) is 10.5. The van der Waals surface area contributed by atoms with Gasteiger partial charge in [-0.15, -0.1) is 11.3 Å². The maximum atomic E-state index is 12.3. The number of benzene rings is 1. The third-order valence-electron chi connectivity index (χ3n) is 4.68. The Balaban J connectivity index is 1.28. The number of hydroxylamine groups is 1. The van der Waals surface area contributed by atoms with Crippen molar-refractivity contribution in [2.24, 2.45) is 5.10 Å². The largest absolute Gasteiger partial charge is 0.442 e. The van der Waals surface area contributed by atoms with Crippen molar-refractivity contribution in [3.8, 4) is 0 Å². The number of carbonyl (C=O) groups excluding carboxylic acids is 1. The molecule has 0 aliphatic carbocycles. The molecule has 0 saturated carbocycles. The second-order valence-electron chi connectivity index (χ2n) is 6.69. The molecule has 10 heteroatoms. The van der Waals surface area contributed by atoms with Gasteiger partial charge in [0, 0.05) is 22.8 Å². The van der Waals surface area contributed by atoms with E-state index in [0.717, 1.165) is 39.5 Å². The standard InChI is InChI=1S/C19H22ClN5O3S/c1-13-23-21-8-9-24(13)14-2-4-15(5-3-14)25-11-16(28-19(25)26)10-22-27-12-17-6-7-18(20)29-17/h2-7,16,21-22H,8-12H2,1H3/t16-/m0/s1. The first kappa shape index (κ1) is 20.0. The third-order valence-corrected chi connectivity index (χ3v) is 5.89. The number of hydrogen-bond acceptors (Lipinski definition) is 8. The number of anilines is 2. The Hall–Kier alpha value is -2.33. The summed E-state index contributed by atoms with van der Waals surface area (Å²) in [5.41, 5.74) is 7.71. The maximum Gasteiger partial charge on any atom is 0.414 e. The summed E-state index contributed by atoms with van der Waals surface area (Å²) in [6, 6.07) is 11.6. The number of halogens is 1. The quantitative estimate of drug-likeness (QED) is 0.513. The van der Waals surface area contributed by atoms with Gasteiger partial charge in [-0.25, -0.2) is 4.79 Å². The highest BCUT2D eigenvalue weighted by Gasteiger charge is 2.32. The van der Waals surface area contributed by atoms with Gasteiger partial charge in [0.25, 0.3) is 0 Å². The summed E-state index contributed by atoms with van der Waals surface area (Å²) in [5, 5.41) is 4.25. The molecule has 1 amide bonds. The summed E-state index contributed by atoms with van der Waals surface area (Å²) >= 11 is 7.37. The highest BCUT2D eigenvalue weighted by molar-refractivity contribution is 7.16. The molecule has 1 aromatic heterocycles. The number of amidine groups is 1. The minimum Gasteiger partial charge on any atom is -0.442 e. The van der Waals surface area contributed by atoms with Crippen LogP contribution in [0.3, 0.4) is 0 Å². The molecule has 1 fully saturated rings. The topological polar surface area (TPSA) is 78.4 Å². The molecule has 8 nitrogen and oxygen atoms in total. The van der Waals surface area contributed by atoms with E-state index >= 15 is 0 Å². The summed E-state index contributed by atoms with van der Waals surface area (Å²) in [4.78, 5) is 22.5. The first-order valence-electron chi connectivity index (χ1n) is 9.32. The van der Waals surface area contributed by atoms with E-state index < -0.39 is 0 Å². The van der Waals surface area contributed by atoms with Gasteiger partial charge in [-0.2, -0.15) is 10.6 Å². The summed E-state index contributed by atoms with van der Waals surface area (Å²) in [5.74, 6) is 0.917. The lowest BCUT2D eigenvalue weighted by Crippen LogP contribution is -2.40. The van der Waals surface area contributed by atoms with Crippen LogP contribution < -0.4 is 20.7 Å². The molecule has 1 saturated heterocycles. The van der Waals surface area contributed by atoms with Crippen LogP contribution in [0.4, 0.5) is 16.2 Å². The minimum absolute atomic E-state index is 0.281. The van der Waals surface area contributed by atoms with Gasteiger partial charge in [0.1, 0.15) is 18.5 Å². The number of nitrogens with one attached hydrogen (secondary N) is 2. The number of nitrogens with zero attached hydrogens (tertiary/aromatic N) is 3. The van der Waals surface area contributed by atoms with Crippen molar-refractivity contribution in [3.05, 3.63) is 45.6 Å². The molecule has 0 radical (unpaired) electrons. The molecule has 0 spiro atoms.